The van der Waals surface area contributed by atoms with Crippen LogP contribution in [0.1, 0.15) is 20.8 Å². The van der Waals surface area contributed by atoms with Crippen molar-refractivity contribution in [3.8, 4) is 0 Å². The van der Waals surface area contributed by atoms with Crippen molar-refractivity contribution in [2.24, 2.45) is 0 Å². The Morgan fingerprint density at radius 1 is 1.50 bits per heavy atom. The van der Waals surface area contributed by atoms with Crippen LogP contribution in [0.2, 0.25) is 0 Å². The van der Waals surface area contributed by atoms with Gasteiger partial charge in [0.15, 0.2) is 6.04 Å². The quantitative estimate of drug-likeness (QED) is 0.415. The van der Waals surface area contributed by atoms with Gasteiger partial charge < -0.3 is 15.0 Å². The highest BCUT2D eigenvalue weighted by atomic mass is 79.9. The van der Waals surface area contributed by atoms with Gasteiger partial charge in [0.1, 0.15) is 17.0 Å². The summed E-state index contributed by atoms with van der Waals surface area (Å²) in [4.78, 5) is 37.9. The van der Waals surface area contributed by atoms with Gasteiger partial charge in [-0.05, 0) is 31.3 Å². The zero-order valence-corrected chi connectivity index (χ0v) is 14.8. The van der Waals surface area contributed by atoms with Crippen LogP contribution in [0.15, 0.2) is 10.6 Å². The first-order chi connectivity index (χ1) is 10.2. The van der Waals surface area contributed by atoms with Crippen LogP contribution >= 0.6 is 15.9 Å². The second-order valence-corrected chi connectivity index (χ2v) is 8.03. The number of carbonyl (C=O) groups excluding carboxylic acids is 3. The first-order valence-corrected chi connectivity index (χ1v) is 8.92. The molecule has 122 valence electrons. The highest BCUT2D eigenvalue weighted by Gasteiger charge is 2.59. The molecule has 7 nitrogen and oxygen atoms in total. The third-order valence-corrected chi connectivity index (χ3v) is 5.55. The Morgan fingerprint density at radius 2 is 2.14 bits per heavy atom. The number of nitrogens with one attached hydrogen (secondary N) is 1. The molecular formula is C13H17BrN2O5S. The van der Waals surface area contributed by atoms with E-state index in [-0.39, 0.29) is 5.75 Å². The molecule has 0 aliphatic carbocycles. The second kappa shape index (κ2) is 6.11. The maximum absolute atomic E-state index is 12.4. The van der Waals surface area contributed by atoms with Gasteiger partial charge in [0.05, 0.1) is 16.6 Å². The molecule has 0 aromatic rings. The molecule has 2 fully saturated rings. The first-order valence-electron chi connectivity index (χ1n) is 6.62. The Bertz CT molecular complexity index is 571. The van der Waals surface area contributed by atoms with Crippen molar-refractivity contribution in [2.75, 3.05) is 5.75 Å². The van der Waals surface area contributed by atoms with Crippen LogP contribution in [0.3, 0.4) is 0 Å². The molecule has 0 unspecified atom stereocenters. The fraction of sp³-hybridized carbons (Fsp3) is 0.615. The van der Waals surface area contributed by atoms with Crippen LogP contribution in [-0.2, 0) is 29.9 Å². The smallest absolute Gasteiger partial charge is 0.333 e. The lowest BCUT2D eigenvalue weighted by molar-refractivity contribution is -0.170. The van der Waals surface area contributed by atoms with Crippen molar-refractivity contribution < 1.29 is 23.3 Å². The maximum atomic E-state index is 12.4. The predicted molar refractivity (Wildman–Crippen MR) is 83.3 cm³/mol. The molecule has 2 saturated heterocycles. The number of β-lactam (4-membered cyclic amide) rings is 1. The number of amides is 2. The summed E-state index contributed by atoms with van der Waals surface area (Å²) >= 11 is 3.15. The molecule has 2 amide bonds. The van der Waals surface area contributed by atoms with E-state index in [0.29, 0.717) is 12.0 Å². The van der Waals surface area contributed by atoms with Crippen molar-refractivity contribution in [2.45, 2.75) is 43.8 Å². The molecule has 2 aliphatic rings. The summed E-state index contributed by atoms with van der Waals surface area (Å²) in [5.41, 5.74) is -0.184. The molecule has 0 bridgehead atoms. The molecule has 22 heavy (non-hydrogen) atoms. The lowest BCUT2D eigenvalue weighted by atomic mass is 9.98. The normalized spacial score (nSPS) is 33.0. The van der Waals surface area contributed by atoms with Crippen LogP contribution in [-0.4, -0.2) is 56.2 Å². The Labute approximate surface area is 139 Å². The van der Waals surface area contributed by atoms with E-state index in [9.17, 15) is 18.6 Å². The van der Waals surface area contributed by atoms with Gasteiger partial charge in [-0.2, -0.15) is 0 Å². The number of ether oxygens (including phenoxy) is 1. The van der Waals surface area contributed by atoms with Crippen LogP contribution in [0, 0.1) is 0 Å². The SMILES string of the molecule is CC(C)(C)OC(=O)[C@H]1C(=CBr)C[S@](=O)[C@@H]2[C@H](NC=O)C(=O)N12. The number of rotatable bonds is 3. The minimum atomic E-state index is -1.39. The average Bonchev–Trinajstić information content (AvgIpc) is 2.41. The molecule has 2 aliphatic heterocycles. The number of esters is 1. The molecular weight excluding hydrogens is 376 g/mol. The summed E-state index contributed by atoms with van der Waals surface area (Å²) in [6.45, 7) is 5.20. The lowest BCUT2D eigenvalue weighted by Crippen LogP contribution is -2.77. The van der Waals surface area contributed by atoms with Crippen molar-refractivity contribution in [3.05, 3.63) is 10.6 Å². The molecule has 2 rings (SSSR count). The summed E-state index contributed by atoms with van der Waals surface area (Å²) in [5, 5.41) is 1.65. The van der Waals surface area contributed by atoms with Crippen LogP contribution in [0.25, 0.3) is 0 Å². The molecule has 9 heteroatoms. The van der Waals surface area contributed by atoms with Gasteiger partial charge in [0.2, 0.25) is 12.3 Å². The van der Waals surface area contributed by atoms with E-state index in [0.717, 1.165) is 0 Å². The van der Waals surface area contributed by atoms with Crippen molar-refractivity contribution in [1.82, 2.24) is 10.2 Å². The summed E-state index contributed by atoms with van der Waals surface area (Å²) in [6, 6.07) is -1.77. The van der Waals surface area contributed by atoms with Gasteiger partial charge in [0, 0.05) is 0 Å². The summed E-state index contributed by atoms with van der Waals surface area (Å²) in [6.07, 6.45) is 0.398. The number of fused-ring (bicyclic) bond motifs is 1. The Hall–Kier alpha value is -1.22. The van der Waals surface area contributed by atoms with Gasteiger partial charge in [0.25, 0.3) is 0 Å². The lowest BCUT2D eigenvalue weighted by Gasteiger charge is -2.52. The van der Waals surface area contributed by atoms with E-state index >= 15 is 0 Å². The highest BCUT2D eigenvalue weighted by Crippen LogP contribution is 2.36. The van der Waals surface area contributed by atoms with Gasteiger partial charge in [-0.15, -0.1) is 0 Å². The van der Waals surface area contributed by atoms with Gasteiger partial charge in [-0.1, -0.05) is 15.9 Å². The highest BCUT2D eigenvalue weighted by molar-refractivity contribution is 9.11. The number of nitrogens with zero attached hydrogens (tertiary/aromatic N) is 1. The molecule has 0 aromatic carbocycles. The van der Waals surface area contributed by atoms with E-state index in [1.165, 1.54) is 9.89 Å². The molecule has 0 saturated carbocycles. The number of hydrogen-bond donors (Lipinski definition) is 1. The zero-order chi connectivity index (χ0) is 16.7. The summed E-state index contributed by atoms with van der Waals surface area (Å²) < 4.78 is 17.6. The van der Waals surface area contributed by atoms with Gasteiger partial charge in [-0.3, -0.25) is 13.8 Å². The van der Waals surface area contributed by atoms with E-state index < -0.39 is 45.7 Å². The minimum absolute atomic E-state index is 0.140. The monoisotopic (exact) mass is 392 g/mol. The van der Waals surface area contributed by atoms with Gasteiger partial charge >= 0.3 is 5.97 Å². The Balaban J connectivity index is 2.31. The Kier molecular flexibility index (Phi) is 4.76. The van der Waals surface area contributed by atoms with Crippen molar-refractivity contribution in [3.63, 3.8) is 0 Å². The second-order valence-electron chi connectivity index (χ2n) is 6.04. The summed E-state index contributed by atoms with van der Waals surface area (Å²) in [7, 11) is -1.39. The predicted octanol–water partition coefficient (Wildman–Crippen LogP) is 0.0207. The number of halogens is 1. The molecule has 0 aromatic heterocycles. The molecule has 1 N–H and O–H groups in total. The van der Waals surface area contributed by atoms with Crippen LogP contribution in [0.5, 0.6) is 0 Å². The average molecular weight is 393 g/mol. The largest absolute Gasteiger partial charge is 0.458 e. The van der Waals surface area contributed by atoms with E-state index in [4.69, 9.17) is 4.74 Å². The van der Waals surface area contributed by atoms with E-state index in [1.54, 1.807) is 20.8 Å². The number of carbonyl (C=O) groups is 3. The third kappa shape index (κ3) is 2.96. The maximum Gasteiger partial charge on any atom is 0.333 e. The van der Waals surface area contributed by atoms with E-state index in [2.05, 4.69) is 21.2 Å². The topological polar surface area (TPSA) is 92.8 Å². The van der Waals surface area contributed by atoms with E-state index in [1.807, 2.05) is 0 Å². The van der Waals surface area contributed by atoms with Gasteiger partial charge in [-0.25, -0.2) is 4.79 Å². The fourth-order valence-corrected chi connectivity index (χ4v) is 4.83. The standard InChI is InChI=1S/C13H17BrN2O5S/c1-13(2,3)21-12(19)9-7(4-14)5-22(20)11-8(15-6-17)10(18)16(9)11/h4,6,8-9,11H,5H2,1-3H3,(H,15,17)/t8-,9-,11-,22+/m1/s1. The molecule has 0 spiro atoms. The van der Waals surface area contributed by atoms with Crippen LogP contribution < -0.4 is 5.32 Å². The van der Waals surface area contributed by atoms with Crippen molar-refractivity contribution in [1.29, 1.82) is 0 Å². The molecule has 2 heterocycles. The summed E-state index contributed by atoms with van der Waals surface area (Å²) in [5.74, 6) is -0.869. The van der Waals surface area contributed by atoms with Crippen molar-refractivity contribution >= 4 is 45.0 Å². The number of hydrogen-bond acceptors (Lipinski definition) is 5. The Morgan fingerprint density at radius 3 is 2.64 bits per heavy atom. The molecule has 0 radical (unpaired) electrons. The fourth-order valence-electron chi connectivity index (χ4n) is 2.49. The van der Waals surface area contributed by atoms with Crippen LogP contribution in [0.4, 0.5) is 0 Å². The first kappa shape index (κ1) is 17.1. The molecule has 4 atom stereocenters. The third-order valence-electron chi connectivity index (χ3n) is 3.31. The zero-order valence-electron chi connectivity index (χ0n) is 12.4. The minimum Gasteiger partial charge on any atom is -0.458 e.